The molecule has 1 saturated heterocycles. The maximum Gasteiger partial charge on any atom is 0.415 e. The summed E-state index contributed by atoms with van der Waals surface area (Å²) in [5, 5.41) is 9.77. The van der Waals surface area contributed by atoms with E-state index in [0.717, 1.165) is 0 Å². The standard InChI is InChI=1S/C14H14N2O5/c1-15-10(17)7-14(12(18)19)8-5-3-4-6-9(8)16(11(14)15)13(20)21-2/h3-6,11H,7H2,1-2H3,(H,18,19)/t11-,14-/m0/s1. The Kier molecular flexibility index (Phi) is 2.69. The highest BCUT2D eigenvalue weighted by atomic mass is 16.5. The van der Waals surface area contributed by atoms with Crippen molar-refractivity contribution in [2.75, 3.05) is 19.1 Å². The minimum absolute atomic E-state index is 0.173. The summed E-state index contributed by atoms with van der Waals surface area (Å²) in [5.74, 6) is -1.44. The second-order valence-electron chi connectivity index (χ2n) is 5.19. The van der Waals surface area contributed by atoms with Crippen LogP contribution in [0, 0.1) is 0 Å². The third kappa shape index (κ3) is 1.45. The number of carbonyl (C=O) groups excluding carboxylic acids is 2. The van der Waals surface area contributed by atoms with Gasteiger partial charge in [-0.25, -0.2) is 4.79 Å². The molecule has 2 aliphatic heterocycles. The molecule has 2 aliphatic rings. The number of fused-ring (bicyclic) bond motifs is 3. The van der Waals surface area contributed by atoms with Crippen LogP contribution in [-0.2, 0) is 19.7 Å². The molecule has 0 radical (unpaired) electrons. The summed E-state index contributed by atoms with van der Waals surface area (Å²) in [6.45, 7) is 0. The second-order valence-corrected chi connectivity index (χ2v) is 5.19. The number of hydrogen-bond acceptors (Lipinski definition) is 4. The number of rotatable bonds is 1. The van der Waals surface area contributed by atoms with E-state index in [1.54, 1.807) is 24.3 Å². The van der Waals surface area contributed by atoms with Gasteiger partial charge in [0.1, 0.15) is 11.6 Å². The van der Waals surface area contributed by atoms with E-state index in [-0.39, 0.29) is 12.3 Å². The molecule has 2 heterocycles. The van der Waals surface area contributed by atoms with Gasteiger partial charge in [-0.15, -0.1) is 0 Å². The number of ether oxygens (including phenoxy) is 1. The number of carboxylic acid groups (broad SMARTS) is 1. The van der Waals surface area contributed by atoms with Gasteiger partial charge in [0.15, 0.2) is 0 Å². The lowest BCUT2D eigenvalue weighted by Gasteiger charge is -2.31. The number of methoxy groups -OCH3 is 1. The lowest BCUT2D eigenvalue weighted by Crippen LogP contribution is -2.54. The molecule has 0 spiro atoms. The van der Waals surface area contributed by atoms with Gasteiger partial charge in [-0.3, -0.25) is 14.5 Å². The molecule has 2 amide bonds. The Morgan fingerprint density at radius 1 is 1.38 bits per heavy atom. The Morgan fingerprint density at radius 2 is 2.05 bits per heavy atom. The van der Waals surface area contributed by atoms with Crippen molar-refractivity contribution in [3.8, 4) is 0 Å². The minimum atomic E-state index is -1.45. The van der Waals surface area contributed by atoms with Gasteiger partial charge in [0.25, 0.3) is 0 Å². The highest BCUT2D eigenvalue weighted by Crippen LogP contribution is 2.52. The summed E-state index contributed by atoms with van der Waals surface area (Å²) < 4.78 is 4.76. The highest BCUT2D eigenvalue weighted by Gasteiger charge is 2.65. The Labute approximate surface area is 120 Å². The van der Waals surface area contributed by atoms with Crippen LogP contribution in [0.2, 0.25) is 0 Å². The van der Waals surface area contributed by atoms with E-state index in [1.165, 1.54) is 24.0 Å². The Bertz CT molecular complexity index is 659. The molecule has 7 heteroatoms. The zero-order valence-corrected chi connectivity index (χ0v) is 11.6. The van der Waals surface area contributed by atoms with E-state index in [9.17, 15) is 19.5 Å². The number of hydrogen-bond donors (Lipinski definition) is 1. The second kappa shape index (κ2) is 4.21. The van der Waals surface area contributed by atoms with Crippen molar-refractivity contribution >= 4 is 23.7 Å². The van der Waals surface area contributed by atoms with Gasteiger partial charge >= 0.3 is 12.1 Å². The first-order chi connectivity index (χ1) is 9.95. The van der Waals surface area contributed by atoms with Crippen LogP contribution in [0.3, 0.4) is 0 Å². The molecule has 0 bridgehead atoms. The minimum Gasteiger partial charge on any atom is -0.480 e. The van der Waals surface area contributed by atoms with Gasteiger partial charge < -0.3 is 14.7 Å². The van der Waals surface area contributed by atoms with Crippen LogP contribution in [0.25, 0.3) is 0 Å². The Morgan fingerprint density at radius 3 is 2.67 bits per heavy atom. The smallest absolute Gasteiger partial charge is 0.415 e. The fourth-order valence-electron chi connectivity index (χ4n) is 3.34. The highest BCUT2D eigenvalue weighted by molar-refractivity contribution is 6.04. The third-order valence-electron chi connectivity index (χ3n) is 4.27. The van der Waals surface area contributed by atoms with Gasteiger partial charge in [0.05, 0.1) is 19.2 Å². The van der Waals surface area contributed by atoms with E-state index >= 15 is 0 Å². The number of benzene rings is 1. The summed E-state index contributed by atoms with van der Waals surface area (Å²) >= 11 is 0. The van der Waals surface area contributed by atoms with Crippen molar-refractivity contribution in [1.29, 1.82) is 0 Å². The third-order valence-corrected chi connectivity index (χ3v) is 4.27. The molecule has 0 saturated carbocycles. The predicted octanol–water partition coefficient (Wildman–Crippen LogP) is 0.784. The number of aliphatic carboxylic acids is 1. The summed E-state index contributed by atoms with van der Waals surface area (Å²) in [6, 6.07) is 6.72. The van der Waals surface area contributed by atoms with E-state index in [2.05, 4.69) is 0 Å². The van der Waals surface area contributed by atoms with Crippen molar-refractivity contribution < 1.29 is 24.2 Å². The van der Waals surface area contributed by atoms with Crippen LogP contribution in [0.5, 0.6) is 0 Å². The molecule has 21 heavy (non-hydrogen) atoms. The van der Waals surface area contributed by atoms with Crippen molar-refractivity contribution in [2.45, 2.75) is 18.0 Å². The molecule has 2 atom stereocenters. The van der Waals surface area contributed by atoms with Gasteiger partial charge in [-0.2, -0.15) is 0 Å². The number of nitrogens with zero attached hydrogens (tertiary/aromatic N) is 2. The van der Waals surface area contributed by atoms with Crippen LogP contribution in [-0.4, -0.2) is 48.3 Å². The van der Waals surface area contributed by atoms with Crippen molar-refractivity contribution in [2.24, 2.45) is 0 Å². The lowest BCUT2D eigenvalue weighted by molar-refractivity contribution is -0.144. The van der Waals surface area contributed by atoms with E-state index < -0.39 is 23.6 Å². The number of likely N-dealkylation sites (N-methyl/N-ethyl adjacent to an activating group) is 1. The molecule has 0 unspecified atom stereocenters. The quantitative estimate of drug-likeness (QED) is 0.826. The average Bonchev–Trinajstić information content (AvgIpc) is 2.91. The maximum atomic E-state index is 12.1. The van der Waals surface area contributed by atoms with Gasteiger partial charge in [-0.05, 0) is 11.6 Å². The molecular formula is C14H14N2O5. The molecule has 1 N–H and O–H groups in total. The van der Waals surface area contributed by atoms with Crippen molar-refractivity contribution in [1.82, 2.24) is 4.90 Å². The molecule has 7 nitrogen and oxygen atoms in total. The SMILES string of the molecule is COC(=O)N1c2ccccc2[C@@]2(C(=O)O)CC(=O)N(C)[C@@H]12. The first-order valence-electron chi connectivity index (χ1n) is 6.41. The van der Waals surface area contributed by atoms with Crippen LogP contribution < -0.4 is 4.90 Å². The predicted molar refractivity (Wildman–Crippen MR) is 71.8 cm³/mol. The van der Waals surface area contributed by atoms with Gasteiger partial charge in [0, 0.05) is 7.05 Å². The maximum absolute atomic E-state index is 12.1. The largest absolute Gasteiger partial charge is 0.480 e. The molecule has 1 aromatic rings. The summed E-state index contributed by atoms with van der Waals surface area (Å²) in [4.78, 5) is 38.7. The van der Waals surface area contributed by atoms with Gasteiger partial charge in [-0.1, -0.05) is 18.2 Å². The topological polar surface area (TPSA) is 87.1 Å². The molecule has 0 aromatic heterocycles. The molecule has 0 aliphatic carbocycles. The fourth-order valence-corrected chi connectivity index (χ4v) is 3.34. The number of carbonyl (C=O) groups is 3. The van der Waals surface area contributed by atoms with Crippen molar-refractivity contribution in [3.05, 3.63) is 29.8 Å². The molecule has 1 aromatic carbocycles. The first-order valence-corrected chi connectivity index (χ1v) is 6.41. The van der Waals surface area contributed by atoms with Gasteiger partial charge in [0.2, 0.25) is 5.91 Å². The fraction of sp³-hybridized carbons (Fsp3) is 0.357. The zero-order chi connectivity index (χ0) is 15.4. The summed E-state index contributed by atoms with van der Waals surface area (Å²) in [5.41, 5.74) is -0.516. The molecule has 3 rings (SSSR count). The summed E-state index contributed by atoms with van der Waals surface area (Å²) in [7, 11) is 2.72. The monoisotopic (exact) mass is 290 g/mol. The van der Waals surface area contributed by atoms with Crippen LogP contribution >= 0.6 is 0 Å². The average molecular weight is 290 g/mol. The number of carboxylic acids is 1. The number of likely N-dealkylation sites (tertiary alicyclic amines) is 1. The normalized spacial score (nSPS) is 26.6. The summed E-state index contributed by atoms with van der Waals surface area (Å²) in [6.07, 6.45) is -1.77. The van der Waals surface area contributed by atoms with E-state index in [0.29, 0.717) is 11.3 Å². The van der Waals surface area contributed by atoms with Crippen LogP contribution in [0.15, 0.2) is 24.3 Å². The molecular weight excluding hydrogens is 276 g/mol. The number of para-hydroxylation sites is 1. The van der Waals surface area contributed by atoms with E-state index in [4.69, 9.17) is 4.74 Å². The van der Waals surface area contributed by atoms with Crippen LogP contribution in [0.4, 0.5) is 10.5 Å². The van der Waals surface area contributed by atoms with E-state index in [1.807, 2.05) is 0 Å². The molecule has 1 fully saturated rings. The Hall–Kier alpha value is -2.57. The van der Waals surface area contributed by atoms with Crippen LogP contribution in [0.1, 0.15) is 12.0 Å². The van der Waals surface area contributed by atoms with Crippen molar-refractivity contribution in [3.63, 3.8) is 0 Å². The number of amides is 2. The number of anilines is 1. The zero-order valence-electron chi connectivity index (χ0n) is 11.6. The first kappa shape index (κ1) is 13.4. The molecule has 110 valence electrons. The lowest BCUT2D eigenvalue weighted by atomic mass is 9.79. The Balaban J connectivity index is 2.29.